The summed E-state index contributed by atoms with van der Waals surface area (Å²) in [6.07, 6.45) is 1.78. The Hall–Kier alpha value is -4.39. The van der Waals surface area contributed by atoms with Crippen LogP contribution in [-0.2, 0) is 9.59 Å². The van der Waals surface area contributed by atoms with E-state index >= 15 is 0 Å². The van der Waals surface area contributed by atoms with Crippen molar-refractivity contribution in [1.29, 1.82) is 0 Å². The number of hydrogen-bond acceptors (Lipinski definition) is 6. The zero-order valence-electron chi connectivity index (χ0n) is 21.0. The second-order valence-electron chi connectivity index (χ2n) is 9.13. The fourth-order valence-electron chi connectivity index (χ4n) is 5.18. The normalized spacial score (nSPS) is 16.8. The summed E-state index contributed by atoms with van der Waals surface area (Å²) < 4.78 is 10.9. The van der Waals surface area contributed by atoms with Crippen molar-refractivity contribution < 1.29 is 23.9 Å². The molecule has 0 saturated carbocycles. The number of methoxy groups -OCH3 is 2. The first kappa shape index (κ1) is 24.3. The zero-order chi connectivity index (χ0) is 26.1. The molecule has 5 rings (SSSR count). The molecule has 1 aliphatic carbocycles. The van der Waals surface area contributed by atoms with E-state index in [4.69, 9.17) is 9.47 Å². The first-order valence-corrected chi connectivity index (χ1v) is 12.2. The molecule has 3 aromatic carbocycles. The van der Waals surface area contributed by atoms with E-state index in [0.29, 0.717) is 58.8 Å². The number of allylic oxidation sites excluding steroid dienone is 1. The number of Topliss-reactive ketones (excluding diaryl/α,β-unsaturated/α-hetero) is 1. The third-order valence-corrected chi connectivity index (χ3v) is 6.89. The van der Waals surface area contributed by atoms with Gasteiger partial charge in [-0.3, -0.25) is 19.3 Å². The molecular weight excluding hydrogens is 468 g/mol. The third-order valence-electron chi connectivity index (χ3n) is 6.89. The van der Waals surface area contributed by atoms with Crippen LogP contribution in [0.2, 0.25) is 0 Å². The Kier molecular flexibility index (Phi) is 6.53. The van der Waals surface area contributed by atoms with Gasteiger partial charge in [-0.15, -0.1) is 0 Å². The van der Waals surface area contributed by atoms with Gasteiger partial charge in [-0.05, 0) is 48.7 Å². The maximum atomic E-state index is 13.4. The van der Waals surface area contributed by atoms with Gasteiger partial charge in [0.1, 0.15) is 0 Å². The lowest BCUT2D eigenvalue weighted by molar-refractivity contribution is -0.117. The number of amides is 1. The molecule has 2 aliphatic rings. The summed E-state index contributed by atoms with van der Waals surface area (Å²) in [5.41, 5.74) is 4.34. The fourth-order valence-corrected chi connectivity index (χ4v) is 5.18. The Labute approximate surface area is 215 Å². The smallest absolute Gasteiger partial charge is 0.224 e. The third kappa shape index (κ3) is 4.37. The second kappa shape index (κ2) is 9.93. The highest BCUT2D eigenvalue weighted by Crippen LogP contribution is 2.46. The minimum atomic E-state index is -0.662. The second-order valence-corrected chi connectivity index (χ2v) is 9.13. The summed E-state index contributed by atoms with van der Waals surface area (Å²) in [4.78, 5) is 41.4. The summed E-state index contributed by atoms with van der Waals surface area (Å²) in [7, 11) is 3.11. The van der Waals surface area contributed by atoms with Crippen molar-refractivity contribution in [2.24, 2.45) is 0 Å². The first-order valence-electron chi connectivity index (χ1n) is 12.2. The van der Waals surface area contributed by atoms with Gasteiger partial charge in [-0.1, -0.05) is 36.4 Å². The molecular formula is C30H28N2O5. The van der Waals surface area contributed by atoms with Crippen LogP contribution in [0.15, 0.2) is 78.0 Å². The van der Waals surface area contributed by atoms with E-state index in [2.05, 4.69) is 5.32 Å². The van der Waals surface area contributed by atoms with E-state index in [-0.39, 0.29) is 17.5 Å². The summed E-state index contributed by atoms with van der Waals surface area (Å²) >= 11 is 0. The van der Waals surface area contributed by atoms with E-state index in [1.54, 1.807) is 55.5 Å². The monoisotopic (exact) mass is 496 g/mol. The molecule has 0 fully saturated rings. The van der Waals surface area contributed by atoms with Gasteiger partial charge in [0.25, 0.3) is 0 Å². The van der Waals surface area contributed by atoms with Crippen LogP contribution in [-0.4, -0.2) is 31.7 Å². The number of ketones is 2. The molecule has 37 heavy (non-hydrogen) atoms. The molecule has 0 aromatic heterocycles. The number of carbonyl (C=O) groups excluding carboxylic acids is 3. The van der Waals surface area contributed by atoms with Crippen LogP contribution in [0.3, 0.4) is 0 Å². The van der Waals surface area contributed by atoms with Crippen molar-refractivity contribution in [2.45, 2.75) is 32.2 Å². The molecule has 1 atom stereocenters. The minimum Gasteiger partial charge on any atom is -0.493 e. The van der Waals surface area contributed by atoms with Crippen LogP contribution in [0.4, 0.5) is 11.4 Å². The molecule has 3 aromatic rings. The minimum absolute atomic E-state index is 0.00632. The molecule has 7 nitrogen and oxygen atoms in total. The average Bonchev–Trinajstić information content (AvgIpc) is 3.07. The first-order chi connectivity index (χ1) is 17.9. The van der Waals surface area contributed by atoms with Crippen LogP contribution in [0, 0.1) is 0 Å². The zero-order valence-corrected chi connectivity index (χ0v) is 21.0. The van der Waals surface area contributed by atoms with Crippen LogP contribution in [0.25, 0.3) is 0 Å². The highest BCUT2D eigenvalue weighted by molar-refractivity contribution is 6.11. The molecule has 0 saturated heterocycles. The predicted molar refractivity (Wildman–Crippen MR) is 141 cm³/mol. The van der Waals surface area contributed by atoms with Gasteiger partial charge in [-0.2, -0.15) is 0 Å². The Morgan fingerprint density at radius 1 is 0.892 bits per heavy atom. The Bertz CT molecular complexity index is 1430. The summed E-state index contributed by atoms with van der Waals surface area (Å²) in [5.74, 6) is 0.718. The van der Waals surface area contributed by atoms with Crippen LogP contribution < -0.4 is 19.7 Å². The number of carbonyl (C=O) groups is 3. The van der Waals surface area contributed by atoms with Gasteiger partial charge in [0, 0.05) is 35.7 Å². The molecule has 1 heterocycles. The van der Waals surface area contributed by atoms with Crippen molar-refractivity contribution >= 4 is 28.8 Å². The molecule has 1 amide bonds. The number of nitrogens with one attached hydrogen (secondary N) is 1. The van der Waals surface area contributed by atoms with Gasteiger partial charge < -0.3 is 14.8 Å². The predicted octanol–water partition coefficient (Wildman–Crippen LogP) is 5.46. The molecule has 7 heteroatoms. The molecule has 1 unspecified atom stereocenters. The summed E-state index contributed by atoms with van der Waals surface area (Å²) in [5, 5.41) is 3.43. The van der Waals surface area contributed by atoms with Crippen molar-refractivity contribution in [2.75, 3.05) is 24.4 Å². The van der Waals surface area contributed by atoms with Crippen LogP contribution >= 0.6 is 0 Å². The summed E-state index contributed by atoms with van der Waals surface area (Å²) in [6, 6.07) is 19.1. The van der Waals surface area contributed by atoms with Gasteiger partial charge in [0.05, 0.1) is 31.6 Å². The average molecular weight is 497 g/mol. The van der Waals surface area contributed by atoms with E-state index in [1.165, 1.54) is 6.92 Å². The summed E-state index contributed by atoms with van der Waals surface area (Å²) in [6.45, 7) is 1.49. The van der Waals surface area contributed by atoms with Crippen molar-refractivity contribution in [1.82, 2.24) is 0 Å². The van der Waals surface area contributed by atoms with Crippen molar-refractivity contribution in [3.8, 4) is 11.5 Å². The van der Waals surface area contributed by atoms with Crippen molar-refractivity contribution in [3.63, 3.8) is 0 Å². The van der Waals surface area contributed by atoms with E-state index < -0.39 is 6.04 Å². The number of anilines is 2. The van der Waals surface area contributed by atoms with Gasteiger partial charge in [0.2, 0.25) is 5.91 Å². The van der Waals surface area contributed by atoms with Gasteiger partial charge in [0.15, 0.2) is 23.1 Å². The molecule has 0 spiro atoms. The van der Waals surface area contributed by atoms with E-state index in [0.717, 1.165) is 11.3 Å². The Balaban J connectivity index is 1.70. The standard InChI is InChI=1S/C30H28N2O5/c1-18(33)32-24-14-12-21(30(35)19-8-5-4-6-9-19)16-23(24)31-22-10-7-11-25(34)28(22)29(32)20-13-15-26(36-2)27(17-20)37-3/h4-6,8-9,12-17,29,31H,7,10-11H2,1-3H3. The maximum Gasteiger partial charge on any atom is 0.224 e. The van der Waals surface area contributed by atoms with Gasteiger partial charge >= 0.3 is 0 Å². The molecule has 188 valence electrons. The number of nitrogens with zero attached hydrogens (tertiary/aromatic N) is 1. The Morgan fingerprint density at radius 3 is 2.35 bits per heavy atom. The lowest BCUT2D eigenvalue weighted by Crippen LogP contribution is -2.36. The number of benzene rings is 3. The molecule has 0 radical (unpaired) electrons. The lowest BCUT2D eigenvalue weighted by atomic mass is 9.85. The fraction of sp³-hybridized carbons (Fsp3) is 0.233. The number of hydrogen-bond donors (Lipinski definition) is 1. The van der Waals surface area contributed by atoms with E-state index in [9.17, 15) is 14.4 Å². The Morgan fingerprint density at radius 2 is 1.65 bits per heavy atom. The van der Waals surface area contributed by atoms with Crippen molar-refractivity contribution in [3.05, 3.63) is 94.7 Å². The quantitative estimate of drug-likeness (QED) is 0.472. The largest absolute Gasteiger partial charge is 0.493 e. The molecule has 1 N–H and O–H groups in total. The SMILES string of the molecule is COc1ccc(C2C3=C(CCCC3=O)Nc3cc(C(=O)c4ccccc4)ccc3N2C(C)=O)cc1OC. The van der Waals surface area contributed by atoms with Crippen LogP contribution in [0.5, 0.6) is 11.5 Å². The topological polar surface area (TPSA) is 84.9 Å². The lowest BCUT2D eigenvalue weighted by Gasteiger charge is -2.33. The molecule has 0 bridgehead atoms. The maximum absolute atomic E-state index is 13.4. The highest BCUT2D eigenvalue weighted by atomic mass is 16.5. The van der Waals surface area contributed by atoms with E-state index in [1.807, 2.05) is 30.3 Å². The molecule has 1 aliphatic heterocycles. The number of rotatable bonds is 5. The highest BCUT2D eigenvalue weighted by Gasteiger charge is 2.39. The van der Waals surface area contributed by atoms with Crippen LogP contribution in [0.1, 0.15) is 53.7 Å². The van der Waals surface area contributed by atoms with Gasteiger partial charge in [-0.25, -0.2) is 0 Å². The number of ether oxygens (including phenoxy) is 2. The number of fused-ring (bicyclic) bond motifs is 1.